The van der Waals surface area contributed by atoms with Crippen molar-refractivity contribution in [3.05, 3.63) is 23.8 Å². The highest BCUT2D eigenvalue weighted by Crippen LogP contribution is 2.25. The summed E-state index contributed by atoms with van der Waals surface area (Å²) in [6.07, 6.45) is 0. The third kappa shape index (κ3) is 2.73. The van der Waals surface area contributed by atoms with Crippen LogP contribution in [0.2, 0.25) is 0 Å². The molecule has 1 aromatic rings. The molecule has 1 saturated heterocycles. The molecule has 0 bridgehead atoms. The second-order valence-corrected chi connectivity index (χ2v) is 4.44. The summed E-state index contributed by atoms with van der Waals surface area (Å²) >= 11 is 0. The van der Waals surface area contributed by atoms with Crippen molar-refractivity contribution in [3.8, 4) is 6.07 Å². The zero-order valence-electron chi connectivity index (χ0n) is 10.3. The predicted octanol–water partition coefficient (Wildman–Crippen LogP) is 0.255. The summed E-state index contributed by atoms with van der Waals surface area (Å²) in [7, 11) is 0. The Morgan fingerprint density at radius 1 is 1.28 bits per heavy atom. The van der Waals surface area contributed by atoms with Crippen LogP contribution in [-0.4, -0.2) is 49.3 Å². The number of hydrogen-bond donors (Lipinski definition) is 2. The Hall–Kier alpha value is -1.77. The molecule has 0 aliphatic carbocycles. The van der Waals surface area contributed by atoms with Crippen molar-refractivity contribution in [1.29, 1.82) is 5.26 Å². The van der Waals surface area contributed by atoms with Crippen LogP contribution in [0.5, 0.6) is 0 Å². The Kier molecular flexibility index (Phi) is 4.03. The average Bonchev–Trinajstić information content (AvgIpc) is 2.41. The van der Waals surface area contributed by atoms with Crippen LogP contribution >= 0.6 is 0 Å². The minimum atomic E-state index is 0.200. The molecule has 2 rings (SSSR count). The van der Waals surface area contributed by atoms with E-state index in [-0.39, 0.29) is 6.61 Å². The van der Waals surface area contributed by atoms with Gasteiger partial charge in [0.05, 0.1) is 29.6 Å². The van der Waals surface area contributed by atoms with Gasteiger partial charge in [0.25, 0.3) is 0 Å². The number of nitrogen functional groups attached to an aromatic ring is 1. The van der Waals surface area contributed by atoms with E-state index in [0.29, 0.717) is 11.3 Å². The Balaban J connectivity index is 2.07. The molecular formula is C13H18N4O. The molecule has 1 fully saturated rings. The smallest absolute Gasteiger partial charge is 0.0992 e. The Morgan fingerprint density at radius 2 is 2.00 bits per heavy atom. The van der Waals surface area contributed by atoms with Gasteiger partial charge < -0.3 is 15.7 Å². The lowest BCUT2D eigenvalue weighted by molar-refractivity contribution is 0.189. The van der Waals surface area contributed by atoms with E-state index < -0.39 is 0 Å². The summed E-state index contributed by atoms with van der Waals surface area (Å²) < 4.78 is 0. The molecule has 3 N–H and O–H groups in total. The molecule has 0 spiro atoms. The summed E-state index contributed by atoms with van der Waals surface area (Å²) in [5, 5.41) is 17.8. The monoisotopic (exact) mass is 246 g/mol. The van der Waals surface area contributed by atoms with Gasteiger partial charge in [0.1, 0.15) is 0 Å². The lowest BCUT2D eigenvalue weighted by Gasteiger charge is -2.36. The normalized spacial score (nSPS) is 16.6. The molecule has 0 radical (unpaired) electrons. The van der Waals surface area contributed by atoms with Gasteiger partial charge >= 0.3 is 0 Å². The fourth-order valence-electron chi connectivity index (χ4n) is 2.24. The summed E-state index contributed by atoms with van der Waals surface area (Å²) in [5.41, 5.74) is 8.25. The van der Waals surface area contributed by atoms with E-state index in [2.05, 4.69) is 15.9 Å². The lowest BCUT2D eigenvalue weighted by atomic mass is 10.1. The fourth-order valence-corrected chi connectivity index (χ4v) is 2.24. The number of rotatable bonds is 3. The van der Waals surface area contributed by atoms with Crippen LogP contribution in [0, 0.1) is 11.3 Å². The minimum Gasteiger partial charge on any atom is -0.397 e. The third-order valence-electron chi connectivity index (χ3n) is 3.29. The van der Waals surface area contributed by atoms with E-state index >= 15 is 0 Å². The Labute approximate surface area is 107 Å². The molecular weight excluding hydrogens is 228 g/mol. The molecule has 5 heteroatoms. The SMILES string of the molecule is N#Cc1ccc(N)c(N2CCN(CCO)CC2)c1. The summed E-state index contributed by atoms with van der Waals surface area (Å²) in [6.45, 7) is 4.50. The molecule has 96 valence electrons. The quantitative estimate of drug-likeness (QED) is 0.748. The third-order valence-corrected chi connectivity index (χ3v) is 3.29. The largest absolute Gasteiger partial charge is 0.397 e. The van der Waals surface area contributed by atoms with Crippen LogP contribution in [0.3, 0.4) is 0 Å². The van der Waals surface area contributed by atoms with Crippen molar-refractivity contribution in [3.63, 3.8) is 0 Å². The molecule has 1 aromatic carbocycles. The highest BCUT2D eigenvalue weighted by atomic mass is 16.3. The Bertz CT molecular complexity index is 447. The maximum atomic E-state index is 8.92. The van der Waals surface area contributed by atoms with E-state index in [4.69, 9.17) is 16.1 Å². The molecule has 0 unspecified atom stereocenters. The molecule has 0 atom stereocenters. The number of nitrogens with two attached hydrogens (primary N) is 1. The first-order valence-corrected chi connectivity index (χ1v) is 6.12. The number of β-amino-alcohol motifs (C(OH)–C–C–N with tert-alkyl or cyclic N) is 1. The fraction of sp³-hybridized carbons (Fsp3) is 0.462. The van der Waals surface area contributed by atoms with Crippen molar-refractivity contribution >= 4 is 11.4 Å². The molecule has 1 heterocycles. The summed E-state index contributed by atoms with van der Waals surface area (Å²) in [5.74, 6) is 0. The van der Waals surface area contributed by atoms with Crippen molar-refractivity contribution < 1.29 is 5.11 Å². The Morgan fingerprint density at radius 3 is 2.61 bits per heavy atom. The first-order chi connectivity index (χ1) is 8.74. The maximum absolute atomic E-state index is 8.92. The van der Waals surface area contributed by atoms with Crippen molar-refractivity contribution in [2.45, 2.75) is 0 Å². The second kappa shape index (κ2) is 5.71. The molecule has 5 nitrogen and oxygen atoms in total. The molecule has 1 aliphatic heterocycles. The highest BCUT2D eigenvalue weighted by Gasteiger charge is 2.18. The van der Waals surface area contributed by atoms with Gasteiger partial charge in [-0.2, -0.15) is 5.26 Å². The van der Waals surface area contributed by atoms with E-state index in [9.17, 15) is 0 Å². The summed E-state index contributed by atoms with van der Waals surface area (Å²) in [4.78, 5) is 4.42. The van der Waals surface area contributed by atoms with E-state index in [0.717, 1.165) is 38.4 Å². The highest BCUT2D eigenvalue weighted by molar-refractivity contribution is 5.69. The van der Waals surface area contributed by atoms with Crippen LogP contribution in [0.25, 0.3) is 0 Å². The first kappa shape index (κ1) is 12.7. The number of benzene rings is 1. The van der Waals surface area contributed by atoms with Gasteiger partial charge in [-0.25, -0.2) is 0 Å². The molecule has 0 aromatic heterocycles. The van der Waals surface area contributed by atoms with Gasteiger partial charge in [-0.05, 0) is 18.2 Å². The van der Waals surface area contributed by atoms with Gasteiger partial charge in [0, 0.05) is 32.7 Å². The number of nitriles is 1. The van der Waals surface area contributed by atoms with Crippen LogP contribution < -0.4 is 10.6 Å². The van der Waals surface area contributed by atoms with Crippen LogP contribution in [0.15, 0.2) is 18.2 Å². The van der Waals surface area contributed by atoms with E-state index in [1.807, 2.05) is 6.07 Å². The zero-order chi connectivity index (χ0) is 13.0. The molecule has 0 amide bonds. The topological polar surface area (TPSA) is 76.5 Å². The van der Waals surface area contributed by atoms with Crippen LogP contribution in [-0.2, 0) is 0 Å². The van der Waals surface area contributed by atoms with Crippen molar-refractivity contribution in [2.75, 3.05) is 50.0 Å². The van der Waals surface area contributed by atoms with Gasteiger partial charge in [0.2, 0.25) is 0 Å². The van der Waals surface area contributed by atoms with Crippen LogP contribution in [0.4, 0.5) is 11.4 Å². The van der Waals surface area contributed by atoms with Crippen molar-refractivity contribution in [1.82, 2.24) is 4.90 Å². The van der Waals surface area contributed by atoms with Gasteiger partial charge in [-0.15, -0.1) is 0 Å². The van der Waals surface area contributed by atoms with E-state index in [1.165, 1.54) is 0 Å². The molecule has 1 aliphatic rings. The van der Waals surface area contributed by atoms with Crippen LogP contribution in [0.1, 0.15) is 5.56 Å². The number of anilines is 2. The molecule has 0 saturated carbocycles. The number of piperazine rings is 1. The number of hydrogen-bond acceptors (Lipinski definition) is 5. The van der Waals surface area contributed by atoms with Gasteiger partial charge in [-0.1, -0.05) is 0 Å². The summed E-state index contributed by atoms with van der Waals surface area (Å²) in [6, 6.07) is 7.50. The molecule has 18 heavy (non-hydrogen) atoms. The first-order valence-electron chi connectivity index (χ1n) is 6.12. The number of aliphatic hydroxyl groups is 1. The maximum Gasteiger partial charge on any atom is 0.0992 e. The second-order valence-electron chi connectivity index (χ2n) is 4.44. The standard InChI is InChI=1S/C13H18N4O/c14-10-11-1-2-12(15)13(9-11)17-5-3-16(4-6-17)7-8-18/h1-2,9,18H,3-8,15H2. The van der Waals surface area contributed by atoms with Crippen molar-refractivity contribution in [2.24, 2.45) is 0 Å². The average molecular weight is 246 g/mol. The number of nitrogens with zero attached hydrogens (tertiary/aromatic N) is 3. The lowest BCUT2D eigenvalue weighted by Crippen LogP contribution is -2.47. The zero-order valence-corrected chi connectivity index (χ0v) is 10.3. The minimum absolute atomic E-state index is 0.200. The number of aliphatic hydroxyl groups excluding tert-OH is 1. The van der Waals surface area contributed by atoms with Gasteiger partial charge in [0.15, 0.2) is 0 Å². The van der Waals surface area contributed by atoms with Gasteiger partial charge in [-0.3, -0.25) is 4.90 Å². The van der Waals surface area contributed by atoms with E-state index in [1.54, 1.807) is 12.1 Å². The predicted molar refractivity (Wildman–Crippen MR) is 71.3 cm³/mol.